The van der Waals surface area contributed by atoms with Crippen molar-refractivity contribution in [2.45, 2.75) is 25.4 Å². The summed E-state index contributed by atoms with van der Waals surface area (Å²) in [6.07, 6.45) is 0. The lowest BCUT2D eigenvalue weighted by molar-refractivity contribution is -0.124. The largest absolute Gasteiger partial charge is 0.337 e. The van der Waals surface area contributed by atoms with E-state index in [4.69, 9.17) is 0 Å². The number of carbonyl (C=O) groups excluding carboxylic acids is 2. The van der Waals surface area contributed by atoms with E-state index in [9.17, 15) is 13.8 Å². The van der Waals surface area contributed by atoms with Crippen molar-refractivity contribution in [2.75, 3.05) is 5.32 Å². The Morgan fingerprint density at radius 1 is 0.923 bits per heavy atom. The number of hydrogen-bond acceptors (Lipinski definition) is 3. The molecule has 0 radical (unpaired) electrons. The van der Waals surface area contributed by atoms with Crippen molar-refractivity contribution < 1.29 is 13.8 Å². The van der Waals surface area contributed by atoms with Crippen molar-refractivity contribution in [3.63, 3.8) is 0 Å². The van der Waals surface area contributed by atoms with Gasteiger partial charge in [-0.3, -0.25) is 14.4 Å². The van der Waals surface area contributed by atoms with E-state index in [1.165, 1.54) is 0 Å². The van der Waals surface area contributed by atoms with E-state index in [1.54, 1.807) is 32.0 Å². The summed E-state index contributed by atoms with van der Waals surface area (Å²) in [4.78, 5) is 23.3. The zero-order valence-corrected chi connectivity index (χ0v) is 15.6. The Hall–Kier alpha value is -2.67. The van der Waals surface area contributed by atoms with Crippen molar-refractivity contribution in [2.24, 2.45) is 5.92 Å². The van der Waals surface area contributed by atoms with Crippen LogP contribution in [0, 0.1) is 5.92 Å². The summed E-state index contributed by atoms with van der Waals surface area (Å²) in [7, 11) is -1.04. The molecule has 0 aliphatic carbocycles. The number of benzene rings is 2. The molecule has 0 aliphatic heterocycles. The molecule has 7 heteroatoms. The smallest absolute Gasteiger partial charge is 0.307 e. The first-order chi connectivity index (χ1) is 12.4. The summed E-state index contributed by atoms with van der Waals surface area (Å²) in [6, 6.07) is 16.3. The maximum absolute atomic E-state index is 12.3. The van der Waals surface area contributed by atoms with Crippen molar-refractivity contribution in [3.05, 3.63) is 65.7 Å². The van der Waals surface area contributed by atoms with E-state index < -0.39 is 16.8 Å². The van der Waals surface area contributed by atoms with Gasteiger partial charge in [0.2, 0.25) is 5.91 Å². The quantitative estimate of drug-likeness (QED) is 0.680. The second kappa shape index (κ2) is 9.72. The summed E-state index contributed by atoms with van der Waals surface area (Å²) in [5.41, 5.74) is 7.08. The van der Waals surface area contributed by atoms with Crippen LogP contribution in [0.15, 0.2) is 54.6 Å². The molecule has 0 heterocycles. The topological polar surface area (TPSA) is 87.3 Å². The number of amides is 3. The van der Waals surface area contributed by atoms with Crippen molar-refractivity contribution in [1.29, 1.82) is 0 Å². The molecule has 3 N–H and O–H groups in total. The number of carbonyl (C=O) groups is 2. The van der Waals surface area contributed by atoms with E-state index in [1.807, 2.05) is 36.4 Å². The van der Waals surface area contributed by atoms with Gasteiger partial charge in [-0.05, 0) is 23.3 Å². The highest BCUT2D eigenvalue weighted by Crippen LogP contribution is 2.14. The monoisotopic (exact) mass is 373 g/mol. The summed E-state index contributed by atoms with van der Waals surface area (Å²) in [6.45, 7) is 3.46. The molecule has 0 bridgehead atoms. The molecule has 6 nitrogen and oxygen atoms in total. The van der Waals surface area contributed by atoms with Gasteiger partial charge in [-0.2, -0.15) is 0 Å². The molecular weight excluding hydrogens is 350 g/mol. The van der Waals surface area contributed by atoms with Crippen molar-refractivity contribution >= 4 is 28.4 Å². The number of anilines is 1. The third-order valence-corrected chi connectivity index (χ3v) is 4.82. The number of nitrogens with one attached hydrogen (secondary N) is 3. The fourth-order valence-electron chi connectivity index (χ4n) is 2.16. The van der Waals surface area contributed by atoms with Crippen LogP contribution in [0.3, 0.4) is 0 Å². The van der Waals surface area contributed by atoms with Gasteiger partial charge in [0.25, 0.3) is 0 Å². The van der Waals surface area contributed by atoms with Crippen LogP contribution in [0.2, 0.25) is 0 Å². The van der Waals surface area contributed by atoms with Crippen LogP contribution in [-0.4, -0.2) is 16.1 Å². The molecule has 0 unspecified atom stereocenters. The van der Waals surface area contributed by atoms with Gasteiger partial charge < -0.3 is 5.32 Å². The van der Waals surface area contributed by atoms with Gasteiger partial charge in [0, 0.05) is 33.9 Å². The van der Waals surface area contributed by atoms with Crippen LogP contribution in [0.5, 0.6) is 0 Å². The molecule has 2 rings (SSSR count). The van der Waals surface area contributed by atoms with Crippen LogP contribution >= 0.6 is 0 Å². The molecular formula is C19H23N3O3S. The maximum Gasteiger partial charge on any atom is 0.337 e. The highest BCUT2D eigenvalue weighted by molar-refractivity contribution is 7.83. The molecule has 1 atom stereocenters. The molecule has 0 saturated carbocycles. The second-order valence-corrected chi connectivity index (χ2v) is 7.59. The lowest BCUT2D eigenvalue weighted by Crippen LogP contribution is -2.45. The van der Waals surface area contributed by atoms with Gasteiger partial charge in [-0.25, -0.2) is 10.2 Å². The minimum atomic E-state index is -1.04. The maximum atomic E-state index is 12.3. The van der Waals surface area contributed by atoms with Crippen LogP contribution in [0.25, 0.3) is 0 Å². The predicted molar refractivity (Wildman–Crippen MR) is 104 cm³/mol. The molecule has 138 valence electrons. The number of urea groups is 1. The lowest BCUT2D eigenvalue weighted by Gasteiger charge is -2.11. The molecule has 0 aliphatic rings. The lowest BCUT2D eigenvalue weighted by atomic mass is 10.2. The van der Waals surface area contributed by atoms with Crippen LogP contribution in [0.4, 0.5) is 10.5 Å². The number of hydrogen-bond donors (Lipinski definition) is 3. The average molecular weight is 373 g/mol. The van der Waals surface area contributed by atoms with E-state index in [0.717, 1.165) is 11.1 Å². The minimum absolute atomic E-state index is 0.224. The highest BCUT2D eigenvalue weighted by atomic mass is 32.2. The third kappa shape index (κ3) is 6.68. The third-order valence-electron chi connectivity index (χ3n) is 3.51. The molecule has 0 fully saturated rings. The molecule has 2 aromatic carbocycles. The molecule has 0 saturated heterocycles. The Balaban J connectivity index is 1.88. The minimum Gasteiger partial charge on any atom is -0.307 e. The van der Waals surface area contributed by atoms with E-state index in [2.05, 4.69) is 16.2 Å². The Labute approximate surface area is 155 Å². The molecule has 3 amide bonds. The molecule has 2 aromatic rings. The Morgan fingerprint density at radius 3 is 2.27 bits per heavy atom. The molecule has 0 aromatic heterocycles. The SMILES string of the molecule is CC(C)C(=O)NNC(=O)Nc1cccc(C[S@](=O)Cc2ccccc2)c1. The summed E-state index contributed by atoms with van der Waals surface area (Å²) < 4.78 is 12.3. The first-order valence-electron chi connectivity index (χ1n) is 8.28. The van der Waals surface area contributed by atoms with Crippen LogP contribution in [-0.2, 0) is 27.1 Å². The van der Waals surface area contributed by atoms with Gasteiger partial charge in [-0.15, -0.1) is 0 Å². The first kappa shape index (κ1) is 19.7. The zero-order valence-electron chi connectivity index (χ0n) is 14.8. The van der Waals surface area contributed by atoms with E-state index >= 15 is 0 Å². The highest BCUT2D eigenvalue weighted by Gasteiger charge is 2.09. The van der Waals surface area contributed by atoms with Gasteiger partial charge in [0.05, 0.1) is 0 Å². The van der Waals surface area contributed by atoms with Crippen LogP contribution < -0.4 is 16.2 Å². The van der Waals surface area contributed by atoms with Gasteiger partial charge in [-0.1, -0.05) is 56.3 Å². The summed E-state index contributed by atoms with van der Waals surface area (Å²) >= 11 is 0. The fraction of sp³-hybridized carbons (Fsp3) is 0.263. The average Bonchev–Trinajstić information content (AvgIpc) is 2.60. The zero-order chi connectivity index (χ0) is 18.9. The van der Waals surface area contributed by atoms with Crippen LogP contribution in [0.1, 0.15) is 25.0 Å². The van der Waals surface area contributed by atoms with Crippen molar-refractivity contribution in [3.8, 4) is 0 Å². The standard InChI is InChI=1S/C19H23N3O3S/c1-14(2)18(23)21-22-19(24)20-17-10-6-9-16(11-17)13-26(25)12-15-7-4-3-5-8-15/h3-11,14H,12-13H2,1-2H3,(H,21,23)(H2,20,22,24)/t26-/m1/s1. The molecule has 26 heavy (non-hydrogen) atoms. The Morgan fingerprint density at radius 2 is 1.58 bits per heavy atom. The Bertz CT molecular complexity index is 779. The number of rotatable bonds is 6. The van der Waals surface area contributed by atoms with Gasteiger partial charge in [0.1, 0.15) is 0 Å². The molecule has 0 spiro atoms. The van der Waals surface area contributed by atoms with E-state index in [-0.39, 0.29) is 11.8 Å². The first-order valence-corrected chi connectivity index (χ1v) is 9.77. The van der Waals surface area contributed by atoms with E-state index in [0.29, 0.717) is 17.2 Å². The fourth-order valence-corrected chi connectivity index (χ4v) is 3.38. The Kier molecular flexibility index (Phi) is 7.35. The second-order valence-electron chi connectivity index (χ2n) is 6.14. The van der Waals surface area contributed by atoms with Gasteiger partial charge >= 0.3 is 6.03 Å². The number of hydrazine groups is 1. The van der Waals surface area contributed by atoms with Crippen molar-refractivity contribution in [1.82, 2.24) is 10.9 Å². The van der Waals surface area contributed by atoms with Gasteiger partial charge in [0.15, 0.2) is 0 Å². The summed E-state index contributed by atoms with van der Waals surface area (Å²) in [5.74, 6) is 0.388. The summed E-state index contributed by atoms with van der Waals surface area (Å²) in [5, 5.41) is 2.64. The predicted octanol–water partition coefficient (Wildman–Crippen LogP) is 2.94. The normalized spacial score (nSPS) is 11.7.